The quantitative estimate of drug-likeness (QED) is 0.834. The van der Waals surface area contributed by atoms with Crippen molar-refractivity contribution in [1.29, 1.82) is 0 Å². The van der Waals surface area contributed by atoms with Gasteiger partial charge in [0.1, 0.15) is 0 Å². The Morgan fingerprint density at radius 3 is 2.63 bits per heavy atom. The Hall–Kier alpha value is -0.610. The molecule has 19 heavy (non-hydrogen) atoms. The molecule has 0 aromatic rings. The first-order chi connectivity index (χ1) is 9.09. The average molecular weight is 267 g/mol. The third-order valence-electron chi connectivity index (χ3n) is 4.98. The first-order valence-corrected chi connectivity index (χ1v) is 7.75. The summed E-state index contributed by atoms with van der Waals surface area (Å²) >= 11 is 0. The lowest BCUT2D eigenvalue weighted by Crippen LogP contribution is -2.50. The van der Waals surface area contributed by atoms with Gasteiger partial charge in [0.05, 0.1) is 5.41 Å². The van der Waals surface area contributed by atoms with Gasteiger partial charge in [-0.15, -0.1) is 0 Å². The minimum absolute atomic E-state index is 0.118. The fourth-order valence-corrected chi connectivity index (χ4v) is 3.65. The zero-order valence-corrected chi connectivity index (χ0v) is 12.7. The van der Waals surface area contributed by atoms with Crippen LogP contribution < -0.4 is 5.32 Å². The van der Waals surface area contributed by atoms with E-state index < -0.39 is 0 Å². The van der Waals surface area contributed by atoms with Gasteiger partial charge in [0.25, 0.3) is 0 Å². The van der Waals surface area contributed by atoms with Crippen LogP contribution in [0.3, 0.4) is 0 Å². The molecule has 0 radical (unpaired) electrons. The lowest BCUT2D eigenvalue weighted by atomic mass is 9.80. The summed E-state index contributed by atoms with van der Waals surface area (Å²) in [5.41, 5.74) is -0.118. The summed E-state index contributed by atoms with van der Waals surface area (Å²) in [5, 5.41) is 3.39. The lowest BCUT2D eigenvalue weighted by Gasteiger charge is -2.39. The topological polar surface area (TPSA) is 35.6 Å². The molecule has 4 heteroatoms. The molecule has 1 amide bonds. The number of rotatable bonds is 4. The van der Waals surface area contributed by atoms with Gasteiger partial charge in [0.2, 0.25) is 5.91 Å². The summed E-state index contributed by atoms with van der Waals surface area (Å²) in [6, 6.07) is 0.443. The monoisotopic (exact) mass is 267 g/mol. The van der Waals surface area contributed by atoms with Gasteiger partial charge in [-0.05, 0) is 52.4 Å². The summed E-state index contributed by atoms with van der Waals surface area (Å²) in [6.45, 7) is 6.27. The van der Waals surface area contributed by atoms with Crippen molar-refractivity contribution in [3.8, 4) is 0 Å². The van der Waals surface area contributed by atoms with Crippen LogP contribution in [0.15, 0.2) is 0 Å². The second-order valence-electron chi connectivity index (χ2n) is 6.41. The van der Waals surface area contributed by atoms with Crippen molar-refractivity contribution in [2.75, 3.05) is 40.3 Å². The van der Waals surface area contributed by atoms with E-state index in [9.17, 15) is 4.79 Å². The van der Waals surface area contributed by atoms with E-state index in [1.807, 2.05) is 7.05 Å². The van der Waals surface area contributed by atoms with Crippen molar-refractivity contribution in [2.45, 2.75) is 45.1 Å². The molecule has 1 unspecified atom stereocenters. The van der Waals surface area contributed by atoms with Crippen molar-refractivity contribution in [3.05, 3.63) is 0 Å². The molecule has 2 aliphatic heterocycles. The number of carbonyl (C=O) groups is 1. The highest BCUT2D eigenvalue weighted by Crippen LogP contribution is 2.34. The van der Waals surface area contributed by atoms with Crippen LogP contribution in [0.1, 0.15) is 39.0 Å². The van der Waals surface area contributed by atoms with Crippen molar-refractivity contribution in [3.63, 3.8) is 0 Å². The van der Waals surface area contributed by atoms with E-state index in [2.05, 4.69) is 29.1 Å². The first-order valence-electron chi connectivity index (χ1n) is 7.75. The minimum atomic E-state index is -0.118. The fourth-order valence-electron chi connectivity index (χ4n) is 3.65. The summed E-state index contributed by atoms with van der Waals surface area (Å²) < 4.78 is 0. The molecular weight excluding hydrogens is 238 g/mol. The number of likely N-dealkylation sites (tertiary alicyclic amines) is 1. The van der Waals surface area contributed by atoms with Gasteiger partial charge in [0, 0.05) is 19.6 Å². The van der Waals surface area contributed by atoms with E-state index in [1.54, 1.807) is 0 Å². The lowest BCUT2D eigenvalue weighted by molar-refractivity contribution is -0.143. The molecule has 2 fully saturated rings. The number of nitrogens with zero attached hydrogens (tertiary/aromatic N) is 2. The predicted octanol–water partition coefficient (Wildman–Crippen LogP) is 1.32. The molecule has 2 heterocycles. The average Bonchev–Trinajstić information content (AvgIpc) is 2.88. The standard InChI is InChI=1S/C15H29N3O/c1-4-7-15(8-9-16-12-15)14(19)18(3)13-5-10-17(2)11-6-13/h13,16H,4-12H2,1-3H3. The van der Waals surface area contributed by atoms with E-state index in [0.29, 0.717) is 11.9 Å². The van der Waals surface area contributed by atoms with Gasteiger partial charge in [-0.25, -0.2) is 0 Å². The number of hydrogen-bond acceptors (Lipinski definition) is 3. The van der Waals surface area contributed by atoms with Crippen LogP contribution in [0, 0.1) is 5.41 Å². The molecule has 0 aromatic carbocycles. The minimum Gasteiger partial charge on any atom is -0.342 e. The maximum atomic E-state index is 12.9. The molecule has 1 N–H and O–H groups in total. The molecule has 0 bridgehead atoms. The van der Waals surface area contributed by atoms with Crippen LogP contribution in [-0.2, 0) is 4.79 Å². The largest absolute Gasteiger partial charge is 0.342 e. The van der Waals surface area contributed by atoms with Crippen LogP contribution in [0.4, 0.5) is 0 Å². The molecule has 110 valence electrons. The highest BCUT2D eigenvalue weighted by Gasteiger charge is 2.43. The van der Waals surface area contributed by atoms with Crippen LogP contribution in [0.25, 0.3) is 0 Å². The van der Waals surface area contributed by atoms with Gasteiger partial charge in [-0.3, -0.25) is 4.79 Å². The van der Waals surface area contributed by atoms with E-state index >= 15 is 0 Å². The first kappa shape index (κ1) is 14.8. The Kier molecular flexibility index (Phi) is 4.85. The Balaban J connectivity index is 2.00. The SMILES string of the molecule is CCCC1(C(=O)N(C)C2CCN(C)CC2)CCNC1. The highest BCUT2D eigenvalue weighted by atomic mass is 16.2. The van der Waals surface area contributed by atoms with Crippen molar-refractivity contribution < 1.29 is 4.79 Å². The van der Waals surface area contributed by atoms with E-state index in [4.69, 9.17) is 0 Å². The van der Waals surface area contributed by atoms with Crippen LogP contribution >= 0.6 is 0 Å². The van der Waals surface area contributed by atoms with E-state index in [1.165, 1.54) is 0 Å². The van der Waals surface area contributed by atoms with Gasteiger partial charge in [-0.1, -0.05) is 13.3 Å². The number of nitrogens with one attached hydrogen (secondary N) is 1. The zero-order chi connectivity index (χ0) is 13.9. The zero-order valence-electron chi connectivity index (χ0n) is 12.7. The Morgan fingerprint density at radius 1 is 1.42 bits per heavy atom. The van der Waals surface area contributed by atoms with E-state index in [-0.39, 0.29) is 5.41 Å². The van der Waals surface area contributed by atoms with Gasteiger partial charge in [0.15, 0.2) is 0 Å². The highest BCUT2D eigenvalue weighted by molar-refractivity contribution is 5.83. The Bertz CT molecular complexity index is 305. The second-order valence-corrected chi connectivity index (χ2v) is 6.41. The maximum Gasteiger partial charge on any atom is 0.230 e. The third-order valence-corrected chi connectivity index (χ3v) is 4.98. The smallest absolute Gasteiger partial charge is 0.230 e. The third kappa shape index (κ3) is 3.11. The molecule has 2 rings (SSSR count). The van der Waals surface area contributed by atoms with Crippen molar-refractivity contribution >= 4 is 5.91 Å². The molecule has 0 saturated carbocycles. The maximum absolute atomic E-state index is 12.9. The summed E-state index contributed by atoms with van der Waals surface area (Å²) in [7, 11) is 4.19. The van der Waals surface area contributed by atoms with Crippen LogP contribution in [0.5, 0.6) is 0 Å². The number of amides is 1. The Labute approximate surface area is 117 Å². The number of carbonyl (C=O) groups excluding carboxylic acids is 1. The van der Waals surface area contributed by atoms with Gasteiger partial charge in [-0.2, -0.15) is 0 Å². The predicted molar refractivity (Wildman–Crippen MR) is 78.1 cm³/mol. The van der Waals surface area contributed by atoms with Crippen LogP contribution in [-0.4, -0.2) is 62.0 Å². The van der Waals surface area contributed by atoms with Gasteiger partial charge >= 0.3 is 0 Å². The van der Waals surface area contributed by atoms with Crippen LogP contribution in [0.2, 0.25) is 0 Å². The summed E-state index contributed by atoms with van der Waals surface area (Å²) in [6.07, 6.45) is 5.36. The van der Waals surface area contributed by atoms with E-state index in [0.717, 1.165) is 58.3 Å². The molecular formula is C15H29N3O. The number of hydrogen-bond donors (Lipinski definition) is 1. The van der Waals surface area contributed by atoms with Crippen molar-refractivity contribution in [1.82, 2.24) is 15.1 Å². The fraction of sp³-hybridized carbons (Fsp3) is 0.933. The molecule has 0 spiro atoms. The molecule has 4 nitrogen and oxygen atoms in total. The molecule has 2 saturated heterocycles. The second kappa shape index (κ2) is 6.23. The number of piperidine rings is 1. The molecule has 0 aromatic heterocycles. The normalized spacial score (nSPS) is 29.6. The summed E-state index contributed by atoms with van der Waals surface area (Å²) in [5.74, 6) is 0.383. The molecule has 2 aliphatic rings. The van der Waals surface area contributed by atoms with Gasteiger partial charge < -0.3 is 15.1 Å². The molecule has 0 aliphatic carbocycles. The molecule has 1 atom stereocenters. The van der Waals surface area contributed by atoms with Crippen molar-refractivity contribution in [2.24, 2.45) is 5.41 Å². The Morgan fingerprint density at radius 2 is 2.11 bits per heavy atom. The summed E-state index contributed by atoms with van der Waals surface area (Å²) in [4.78, 5) is 17.3.